The molecule has 116 valence electrons. The summed E-state index contributed by atoms with van der Waals surface area (Å²) in [4.78, 5) is 11.9. The third kappa shape index (κ3) is 4.36. The zero-order valence-electron chi connectivity index (χ0n) is 12.0. The van der Waals surface area contributed by atoms with Gasteiger partial charge in [-0.1, -0.05) is 23.7 Å². The lowest BCUT2D eigenvalue weighted by atomic mass is 10.2. The average Bonchev–Trinajstić information content (AvgIpc) is 2.51. The largest absolute Gasteiger partial charge is 0.495 e. The molecule has 0 atom stereocenters. The van der Waals surface area contributed by atoms with Crippen LogP contribution in [0.5, 0.6) is 5.75 Å². The molecule has 0 fully saturated rings. The van der Waals surface area contributed by atoms with E-state index in [1.165, 1.54) is 12.1 Å². The van der Waals surface area contributed by atoms with Crippen LogP contribution in [-0.2, 0) is 4.79 Å². The number of anilines is 2. The van der Waals surface area contributed by atoms with Gasteiger partial charge >= 0.3 is 0 Å². The van der Waals surface area contributed by atoms with Gasteiger partial charge in [-0.3, -0.25) is 4.79 Å². The molecule has 6 heteroatoms. The maximum Gasteiger partial charge on any atom is 0.226 e. The fourth-order valence-corrected chi connectivity index (χ4v) is 2.07. The SMILES string of the molecule is COc1ccccc1NC(=O)CCNc1ccc(F)c(Cl)c1. The van der Waals surface area contributed by atoms with E-state index >= 15 is 0 Å². The van der Waals surface area contributed by atoms with Gasteiger partial charge in [0, 0.05) is 18.7 Å². The molecule has 2 N–H and O–H groups in total. The Balaban J connectivity index is 1.84. The number of para-hydroxylation sites is 2. The molecule has 0 spiro atoms. The summed E-state index contributed by atoms with van der Waals surface area (Å²) in [5, 5.41) is 5.84. The molecule has 0 heterocycles. The fraction of sp³-hybridized carbons (Fsp3) is 0.188. The van der Waals surface area contributed by atoms with Crippen LogP contribution < -0.4 is 15.4 Å². The first-order valence-corrected chi connectivity index (χ1v) is 7.09. The Bertz CT molecular complexity index is 664. The molecule has 22 heavy (non-hydrogen) atoms. The molecule has 0 aliphatic rings. The molecule has 2 rings (SSSR count). The van der Waals surface area contributed by atoms with E-state index in [9.17, 15) is 9.18 Å². The smallest absolute Gasteiger partial charge is 0.226 e. The molecule has 1 amide bonds. The summed E-state index contributed by atoms with van der Waals surface area (Å²) >= 11 is 5.69. The van der Waals surface area contributed by atoms with Crippen molar-refractivity contribution in [2.75, 3.05) is 24.3 Å². The van der Waals surface area contributed by atoms with Gasteiger partial charge < -0.3 is 15.4 Å². The van der Waals surface area contributed by atoms with Crippen molar-refractivity contribution in [3.63, 3.8) is 0 Å². The van der Waals surface area contributed by atoms with Crippen molar-refractivity contribution in [2.45, 2.75) is 6.42 Å². The van der Waals surface area contributed by atoms with Crippen LogP contribution in [0.25, 0.3) is 0 Å². The number of carbonyl (C=O) groups is 1. The molecule has 0 aliphatic heterocycles. The summed E-state index contributed by atoms with van der Waals surface area (Å²) in [7, 11) is 1.55. The van der Waals surface area contributed by atoms with Gasteiger partial charge in [-0.2, -0.15) is 0 Å². The van der Waals surface area contributed by atoms with Crippen molar-refractivity contribution < 1.29 is 13.9 Å². The summed E-state index contributed by atoms with van der Waals surface area (Å²) in [6.45, 7) is 0.406. The van der Waals surface area contributed by atoms with Crippen LogP contribution in [0.2, 0.25) is 5.02 Å². The Morgan fingerprint density at radius 2 is 2.05 bits per heavy atom. The van der Waals surface area contributed by atoms with E-state index in [2.05, 4.69) is 10.6 Å². The second-order valence-electron chi connectivity index (χ2n) is 4.55. The van der Waals surface area contributed by atoms with E-state index in [-0.39, 0.29) is 17.4 Å². The number of hydrogen-bond donors (Lipinski definition) is 2. The third-order valence-electron chi connectivity index (χ3n) is 2.98. The molecule has 0 bridgehead atoms. The lowest BCUT2D eigenvalue weighted by Gasteiger charge is -2.10. The highest BCUT2D eigenvalue weighted by atomic mass is 35.5. The quantitative estimate of drug-likeness (QED) is 0.847. The predicted molar refractivity (Wildman–Crippen MR) is 86.1 cm³/mol. The number of hydrogen-bond acceptors (Lipinski definition) is 3. The standard InChI is InChI=1S/C16H16ClFN2O2/c1-22-15-5-3-2-4-14(15)20-16(21)8-9-19-11-6-7-13(18)12(17)10-11/h2-7,10,19H,8-9H2,1H3,(H,20,21). The Morgan fingerprint density at radius 1 is 1.27 bits per heavy atom. The van der Waals surface area contributed by atoms with Crippen molar-refractivity contribution in [1.29, 1.82) is 0 Å². The molecule has 2 aromatic carbocycles. The highest BCUT2D eigenvalue weighted by Crippen LogP contribution is 2.23. The minimum Gasteiger partial charge on any atom is -0.495 e. The summed E-state index contributed by atoms with van der Waals surface area (Å²) in [5.74, 6) is -0.0135. The Labute approximate surface area is 133 Å². The van der Waals surface area contributed by atoms with E-state index in [0.29, 0.717) is 23.7 Å². The predicted octanol–water partition coefficient (Wildman–Crippen LogP) is 3.93. The second kappa shape index (κ2) is 7.66. The molecule has 0 unspecified atom stereocenters. The molecular formula is C16H16ClFN2O2. The van der Waals surface area contributed by atoms with E-state index < -0.39 is 5.82 Å². The molecule has 2 aromatic rings. The van der Waals surface area contributed by atoms with Gasteiger partial charge in [-0.15, -0.1) is 0 Å². The number of benzene rings is 2. The van der Waals surface area contributed by atoms with E-state index in [1.807, 2.05) is 12.1 Å². The number of ether oxygens (including phenoxy) is 1. The van der Waals surface area contributed by atoms with Gasteiger partial charge in [0.1, 0.15) is 11.6 Å². The third-order valence-corrected chi connectivity index (χ3v) is 3.27. The van der Waals surface area contributed by atoms with Crippen LogP contribution in [0, 0.1) is 5.82 Å². The first-order valence-electron chi connectivity index (χ1n) is 6.72. The van der Waals surface area contributed by atoms with Gasteiger partial charge in [-0.05, 0) is 30.3 Å². The van der Waals surface area contributed by atoms with Crippen molar-refractivity contribution in [3.8, 4) is 5.75 Å². The summed E-state index contributed by atoms with van der Waals surface area (Å²) in [6.07, 6.45) is 0.257. The van der Waals surface area contributed by atoms with Crippen LogP contribution >= 0.6 is 11.6 Å². The molecule has 0 aliphatic carbocycles. The topological polar surface area (TPSA) is 50.4 Å². The molecule has 0 saturated heterocycles. The van der Waals surface area contributed by atoms with Crippen LogP contribution in [0.3, 0.4) is 0 Å². The average molecular weight is 323 g/mol. The zero-order chi connectivity index (χ0) is 15.9. The monoisotopic (exact) mass is 322 g/mol. The van der Waals surface area contributed by atoms with Gasteiger partial charge in [0.25, 0.3) is 0 Å². The van der Waals surface area contributed by atoms with Gasteiger partial charge in [-0.25, -0.2) is 4.39 Å². The van der Waals surface area contributed by atoms with E-state index in [4.69, 9.17) is 16.3 Å². The normalized spacial score (nSPS) is 10.1. The van der Waals surface area contributed by atoms with E-state index in [0.717, 1.165) is 0 Å². The van der Waals surface area contributed by atoms with Crippen LogP contribution in [0.1, 0.15) is 6.42 Å². The van der Waals surface area contributed by atoms with Gasteiger partial charge in [0.15, 0.2) is 0 Å². The Morgan fingerprint density at radius 3 is 2.77 bits per heavy atom. The van der Waals surface area contributed by atoms with Crippen LogP contribution in [0.15, 0.2) is 42.5 Å². The maximum atomic E-state index is 13.0. The summed E-state index contributed by atoms with van der Waals surface area (Å²) in [6, 6.07) is 11.5. The first kappa shape index (κ1) is 16.1. The minimum atomic E-state index is -0.471. The minimum absolute atomic E-state index is 0.0449. The van der Waals surface area contributed by atoms with Crippen LogP contribution in [0.4, 0.5) is 15.8 Å². The fourth-order valence-electron chi connectivity index (χ4n) is 1.89. The molecule has 4 nitrogen and oxygen atoms in total. The molecular weight excluding hydrogens is 307 g/mol. The van der Waals surface area contributed by atoms with Crippen molar-refractivity contribution in [2.24, 2.45) is 0 Å². The van der Waals surface area contributed by atoms with Crippen LogP contribution in [-0.4, -0.2) is 19.6 Å². The first-order chi connectivity index (χ1) is 10.6. The second-order valence-corrected chi connectivity index (χ2v) is 4.96. The lowest BCUT2D eigenvalue weighted by molar-refractivity contribution is -0.116. The van der Waals surface area contributed by atoms with E-state index in [1.54, 1.807) is 25.3 Å². The van der Waals surface area contributed by atoms with Gasteiger partial charge in [0.05, 0.1) is 17.8 Å². The summed E-state index contributed by atoms with van der Waals surface area (Å²) < 4.78 is 18.2. The lowest BCUT2D eigenvalue weighted by Crippen LogP contribution is -2.16. The number of amides is 1. The number of rotatable bonds is 6. The van der Waals surface area contributed by atoms with Crippen molar-refractivity contribution in [1.82, 2.24) is 0 Å². The van der Waals surface area contributed by atoms with Crippen molar-refractivity contribution >= 4 is 28.9 Å². The highest BCUT2D eigenvalue weighted by Gasteiger charge is 2.07. The Kier molecular flexibility index (Phi) is 5.61. The molecule has 0 radical (unpaired) electrons. The Hall–Kier alpha value is -2.27. The number of nitrogens with one attached hydrogen (secondary N) is 2. The molecule has 0 saturated carbocycles. The highest BCUT2D eigenvalue weighted by molar-refractivity contribution is 6.31. The summed E-state index contributed by atoms with van der Waals surface area (Å²) in [5.41, 5.74) is 1.29. The zero-order valence-corrected chi connectivity index (χ0v) is 12.8. The number of halogens is 2. The number of carbonyl (C=O) groups excluding carboxylic acids is 1. The van der Waals surface area contributed by atoms with Crippen molar-refractivity contribution in [3.05, 3.63) is 53.3 Å². The number of methoxy groups -OCH3 is 1. The molecule has 0 aromatic heterocycles. The maximum absolute atomic E-state index is 13.0. The van der Waals surface area contributed by atoms with Gasteiger partial charge in [0.2, 0.25) is 5.91 Å².